The van der Waals surface area contributed by atoms with Crippen LogP contribution in [-0.4, -0.2) is 50.1 Å². The van der Waals surface area contributed by atoms with Gasteiger partial charge >= 0.3 is 6.61 Å². The summed E-state index contributed by atoms with van der Waals surface area (Å²) >= 11 is 0. The molecule has 0 aromatic heterocycles. The minimum Gasteiger partial charge on any atom is -0.493 e. The maximum absolute atomic E-state index is 12.5. The lowest BCUT2D eigenvalue weighted by Gasteiger charge is -2.35. The second-order valence-electron chi connectivity index (χ2n) is 8.25. The van der Waals surface area contributed by atoms with Crippen molar-refractivity contribution in [1.82, 2.24) is 10.2 Å². The van der Waals surface area contributed by atoms with Crippen LogP contribution in [-0.2, 0) is 16.0 Å². The van der Waals surface area contributed by atoms with Gasteiger partial charge in [0.1, 0.15) is 0 Å². The number of nitrogens with zero attached hydrogens (tertiary/aromatic N) is 1. The van der Waals surface area contributed by atoms with Gasteiger partial charge in [-0.2, -0.15) is 8.78 Å². The number of amides is 2. The van der Waals surface area contributed by atoms with E-state index in [9.17, 15) is 18.4 Å². The summed E-state index contributed by atoms with van der Waals surface area (Å²) < 4.78 is 34.6. The van der Waals surface area contributed by atoms with Crippen LogP contribution in [0.25, 0.3) is 0 Å². The van der Waals surface area contributed by atoms with Crippen LogP contribution < -0.4 is 14.8 Å². The third-order valence-corrected chi connectivity index (χ3v) is 4.88. The smallest absolute Gasteiger partial charge is 0.387 e. The molecule has 1 aliphatic rings. The molecule has 29 heavy (non-hydrogen) atoms. The molecule has 1 fully saturated rings. The molecule has 1 N–H and O–H groups in total. The highest BCUT2D eigenvalue weighted by Gasteiger charge is 2.33. The van der Waals surface area contributed by atoms with Gasteiger partial charge in [-0.05, 0) is 37.0 Å². The zero-order valence-corrected chi connectivity index (χ0v) is 17.5. The fourth-order valence-corrected chi connectivity index (χ4v) is 3.39. The van der Waals surface area contributed by atoms with E-state index in [1.807, 2.05) is 20.8 Å². The summed E-state index contributed by atoms with van der Waals surface area (Å²) in [5, 5.41) is 2.89. The van der Waals surface area contributed by atoms with Crippen LogP contribution in [0.15, 0.2) is 18.2 Å². The summed E-state index contributed by atoms with van der Waals surface area (Å²) in [6.07, 6.45) is 2.01. The first-order valence-electron chi connectivity index (χ1n) is 9.80. The molecule has 0 aliphatic carbocycles. The van der Waals surface area contributed by atoms with Crippen LogP contribution in [0.2, 0.25) is 0 Å². The zero-order chi connectivity index (χ0) is 21.6. The molecule has 2 rings (SSSR count). The van der Waals surface area contributed by atoms with Gasteiger partial charge in [-0.25, -0.2) is 0 Å². The highest BCUT2D eigenvalue weighted by molar-refractivity contribution is 5.83. The molecule has 162 valence electrons. The maximum Gasteiger partial charge on any atom is 0.387 e. The number of ether oxygens (including phenoxy) is 2. The van der Waals surface area contributed by atoms with E-state index in [2.05, 4.69) is 10.1 Å². The number of methoxy groups -OCH3 is 1. The molecule has 0 radical (unpaired) electrons. The topological polar surface area (TPSA) is 67.9 Å². The molecule has 0 bridgehead atoms. The normalized spacial score (nSPS) is 17.2. The lowest BCUT2D eigenvalue weighted by Crippen LogP contribution is -2.48. The van der Waals surface area contributed by atoms with Crippen LogP contribution >= 0.6 is 0 Å². The highest BCUT2D eigenvalue weighted by atomic mass is 19.3. The van der Waals surface area contributed by atoms with Crippen molar-refractivity contribution in [2.45, 2.75) is 46.6 Å². The van der Waals surface area contributed by atoms with E-state index in [4.69, 9.17) is 4.74 Å². The average molecular weight is 412 g/mol. The van der Waals surface area contributed by atoms with Crippen molar-refractivity contribution in [2.24, 2.45) is 11.3 Å². The second-order valence-corrected chi connectivity index (χ2v) is 8.25. The van der Waals surface area contributed by atoms with Crippen molar-refractivity contribution >= 4 is 11.8 Å². The number of alkyl halides is 2. The molecular formula is C21H30F2N2O4. The summed E-state index contributed by atoms with van der Waals surface area (Å²) in [5.41, 5.74) is 0.278. The van der Waals surface area contributed by atoms with Crippen molar-refractivity contribution in [3.05, 3.63) is 23.8 Å². The first-order chi connectivity index (χ1) is 13.6. The van der Waals surface area contributed by atoms with E-state index in [0.717, 1.165) is 18.4 Å². The Hall–Kier alpha value is -2.38. The van der Waals surface area contributed by atoms with Crippen molar-refractivity contribution in [2.75, 3.05) is 26.7 Å². The molecule has 1 heterocycles. The third-order valence-electron chi connectivity index (χ3n) is 4.88. The van der Waals surface area contributed by atoms with Gasteiger partial charge in [-0.3, -0.25) is 9.59 Å². The molecule has 1 unspecified atom stereocenters. The number of benzene rings is 1. The quantitative estimate of drug-likeness (QED) is 0.747. The Morgan fingerprint density at radius 1 is 1.28 bits per heavy atom. The number of hydrogen-bond donors (Lipinski definition) is 1. The number of halogens is 2. The fourth-order valence-electron chi connectivity index (χ4n) is 3.39. The van der Waals surface area contributed by atoms with E-state index >= 15 is 0 Å². The number of piperidine rings is 1. The Morgan fingerprint density at radius 2 is 2.00 bits per heavy atom. The van der Waals surface area contributed by atoms with E-state index < -0.39 is 12.0 Å². The first kappa shape index (κ1) is 22.9. The Labute approximate surface area is 170 Å². The molecular weight excluding hydrogens is 382 g/mol. The van der Waals surface area contributed by atoms with Crippen molar-refractivity contribution in [3.63, 3.8) is 0 Å². The Morgan fingerprint density at radius 3 is 2.62 bits per heavy atom. The van der Waals surface area contributed by atoms with Gasteiger partial charge in [0.05, 0.1) is 13.0 Å². The zero-order valence-electron chi connectivity index (χ0n) is 17.5. The average Bonchev–Trinajstić information content (AvgIpc) is 2.66. The van der Waals surface area contributed by atoms with Crippen LogP contribution in [0.1, 0.15) is 39.2 Å². The standard InChI is InChI=1S/C21H30F2N2O4/c1-21(2,3)19(27)25-11-5-6-15(13-25)18(26)24-10-9-14-7-8-16(28-4)17(12-14)29-20(22)23/h7-8,12,15,20H,5-6,9-11,13H2,1-4H3,(H,24,26). The van der Waals surface area contributed by atoms with E-state index in [1.54, 1.807) is 17.0 Å². The van der Waals surface area contributed by atoms with Crippen LogP contribution in [0.3, 0.4) is 0 Å². The molecule has 0 saturated carbocycles. The van der Waals surface area contributed by atoms with Gasteiger partial charge in [0.15, 0.2) is 11.5 Å². The number of hydrogen-bond acceptors (Lipinski definition) is 4. The van der Waals surface area contributed by atoms with E-state index in [0.29, 0.717) is 26.1 Å². The van der Waals surface area contributed by atoms with Gasteiger partial charge in [0, 0.05) is 25.0 Å². The predicted octanol–water partition coefficient (Wildman–Crippen LogP) is 3.24. The fraction of sp³-hybridized carbons (Fsp3) is 0.619. The number of carbonyl (C=O) groups is 2. The lowest BCUT2D eigenvalue weighted by atomic mass is 9.91. The van der Waals surface area contributed by atoms with Crippen molar-refractivity contribution < 1.29 is 27.8 Å². The van der Waals surface area contributed by atoms with Crippen molar-refractivity contribution in [1.29, 1.82) is 0 Å². The van der Waals surface area contributed by atoms with E-state index in [-0.39, 0.29) is 29.2 Å². The summed E-state index contributed by atoms with van der Waals surface area (Å²) in [4.78, 5) is 26.8. The van der Waals surface area contributed by atoms with E-state index in [1.165, 1.54) is 13.2 Å². The van der Waals surface area contributed by atoms with Crippen molar-refractivity contribution in [3.8, 4) is 11.5 Å². The first-order valence-corrected chi connectivity index (χ1v) is 9.80. The minimum absolute atomic E-state index is 0.0325. The molecule has 1 saturated heterocycles. The van der Waals surface area contributed by atoms with Gasteiger partial charge in [0.25, 0.3) is 0 Å². The third kappa shape index (κ3) is 6.58. The monoisotopic (exact) mass is 412 g/mol. The lowest BCUT2D eigenvalue weighted by molar-refractivity contribution is -0.142. The summed E-state index contributed by atoms with van der Waals surface area (Å²) in [7, 11) is 1.38. The molecule has 1 aliphatic heterocycles. The molecule has 6 nitrogen and oxygen atoms in total. The molecule has 8 heteroatoms. The summed E-state index contributed by atoms with van der Waals surface area (Å²) in [5.74, 6) is -0.0729. The number of rotatable bonds is 7. The second kappa shape index (κ2) is 9.89. The predicted molar refractivity (Wildman–Crippen MR) is 105 cm³/mol. The number of nitrogens with one attached hydrogen (secondary N) is 1. The van der Waals surface area contributed by atoms with Crippen LogP contribution in [0.5, 0.6) is 11.5 Å². The van der Waals surface area contributed by atoms with Gasteiger partial charge < -0.3 is 19.7 Å². The summed E-state index contributed by atoms with van der Waals surface area (Å²) in [6, 6.07) is 4.79. The molecule has 1 atom stereocenters. The Bertz CT molecular complexity index is 719. The Balaban J connectivity index is 1.88. The van der Waals surface area contributed by atoms with Gasteiger partial charge in [0.2, 0.25) is 11.8 Å². The maximum atomic E-state index is 12.5. The minimum atomic E-state index is -2.94. The molecule has 2 amide bonds. The van der Waals surface area contributed by atoms with Gasteiger partial charge in [-0.1, -0.05) is 26.8 Å². The SMILES string of the molecule is COc1ccc(CCNC(=O)C2CCCN(C(=O)C(C)(C)C)C2)cc1OC(F)F. The molecule has 1 aromatic carbocycles. The highest BCUT2D eigenvalue weighted by Crippen LogP contribution is 2.29. The Kier molecular flexibility index (Phi) is 7.81. The number of carbonyl (C=O) groups excluding carboxylic acids is 2. The largest absolute Gasteiger partial charge is 0.493 e. The van der Waals surface area contributed by atoms with Crippen LogP contribution in [0.4, 0.5) is 8.78 Å². The number of likely N-dealkylation sites (tertiary alicyclic amines) is 1. The summed E-state index contributed by atoms with van der Waals surface area (Å²) in [6.45, 7) is 4.15. The molecule has 0 spiro atoms. The van der Waals surface area contributed by atoms with Gasteiger partial charge in [-0.15, -0.1) is 0 Å². The van der Waals surface area contributed by atoms with Crippen LogP contribution in [0, 0.1) is 11.3 Å². The molecule has 1 aromatic rings.